The van der Waals surface area contributed by atoms with Crippen LogP contribution in [0.15, 0.2) is 12.2 Å². The number of rotatable bonds is 3. The van der Waals surface area contributed by atoms with E-state index in [2.05, 4.69) is 23.4 Å². The molecule has 1 atom stereocenters. The Hall–Kier alpha value is -0.670. The van der Waals surface area contributed by atoms with Gasteiger partial charge in [0.1, 0.15) is 0 Å². The third-order valence-corrected chi connectivity index (χ3v) is 2.70. The molecule has 1 aliphatic heterocycles. The van der Waals surface area contributed by atoms with E-state index in [9.17, 15) is 4.79 Å². The predicted octanol–water partition coefficient (Wildman–Crippen LogP) is 0.768. The summed E-state index contributed by atoms with van der Waals surface area (Å²) in [7, 11) is 4.09. The number of hydrogen-bond donors (Lipinski definition) is 0. The summed E-state index contributed by atoms with van der Waals surface area (Å²) >= 11 is 0. The van der Waals surface area contributed by atoms with Crippen molar-refractivity contribution >= 4 is 5.78 Å². The molecule has 14 heavy (non-hydrogen) atoms. The van der Waals surface area contributed by atoms with Crippen molar-refractivity contribution in [3.63, 3.8) is 0 Å². The summed E-state index contributed by atoms with van der Waals surface area (Å²) < 4.78 is 0. The monoisotopic (exact) mass is 196 g/mol. The lowest BCUT2D eigenvalue weighted by Crippen LogP contribution is -2.53. The van der Waals surface area contributed by atoms with E-state index in [-0.39, 0.29) is 6.04 Å². The molecule has 1 aliphatic rings. The van der Waals surface area contributed by atoms with Crippen molar-refractivity contribution in [2.45, 2.75) is 19.4 Å². The van der Waals surface area contributed by atoms with Crippen molar-refractivity contribution in [3.05, 3.63) is 12.2 Å². The Balaban J connectivity index is 2.55. The lowest BCUT2D eigenvalue weighted by atomic mass is 10.0. The molecular formula is C11H20N2O. The van der Waals surface area contributed by atoms with Gasteiger partial charge in [0.2, 0.25) is 0 Å². The van der Waals surface area contributed by atoms with E-state index in [4.69, 9.17) is 0 Å². The minimum atomic E-state index is 0.0606. The lowest BCUT2D eigenvalue weighted by Gasteiger charge is -2.36. The van der Waals surface area contributed by atoms with Crippen LogP contribution < -0.4 is 0 Å². The highest BCUT2D eigenvalue weighted by Gasteiger charge is 2.27. The summed E-state index contributed by atoms with van der Waals surface area (Å²) in [4.78, 5) is 16.2. The highest BCUT2D eigenvalue weighted by Crippen LogP contribution is 2.10. The molecule has 1 heterocycles. The van der Waals surface area contributed by atoms with Gasteiger partial charge in [0.15, 0.2) is 5.78 Å². The van der Waals surface area contributed by atoms with Crippen LogP contribution in [0.3, 0.4) is 0 Å². The zero-order valence-corrected chi connectivity index (χ0v) is 9.42. The van der Waals surface area contributed by atoms with E-state index in [1.807, 2.05) is 14.0 Å². The maximum absolute atomic E-state index is 11.8. The molecule has 3 heteroatoms. The van der Waals surface area contributed by atoms with E-state index >= 15 is 0 Å². The molecule has 1 rings (SSSR count). The normalized spacial score (nSPS) is 24.9. The zero-order valence-electron chi connectivity index (χ0n) is 9.42. The molecule has 0 aromatic heterocycles. The first kappa shape index (κ1) is 11.4. The number of piperazine rings is 1. The molecule has 0 bridgehead atoms. The molecule has 0 spiro atoms. The molecule has 0 saturated carbocycles. The smallest absolute Gasteiger partial charge is 0.155 e. The van der Waals surface area contributed by atoms with Gasteiger partial charge >= 0.3 is 0 Å². The third kappa shape index (κ3) is 2.93. The number of allylic oxidation sites excluding steroid dienone is 1. The largest absolute Gasteiger partial charge is 0.303 e. The van der Waals surface area contributed by atoms with Crippen LogP contribution >= 0.6 is 0 Å². The van der Waals surface area contributed by atoms with E-state index in [1.165, 1.54) is 0 Å². The molecule has 0 N–H and O–H groups in total. The topological polar surface area (TPSA) is 23.6 Å². The summed E-state index contributed by atoms with van der Waals surface area (Å²) in [5.41, 5.74) is 0.955. The molecular weight excluding hydrogens is 176 g/mol. The van der Waals surface area contributed by atoms with Gasteiger partial charge in [-0.25, -0.2) is 0 Å². The van der Waals surface area contributed by atoms with Gasteiger partial charge in [-0.05, 0) is 21.0 Å². The second-order valence-electron chi connectivity index (χ2n) is 4.36. The number of carbonyl (C=O) groups excluding carboxylic acids is 1. The van der Waals surface area contributed by atoms with Crippen LogP contribution in [0, 0.1) is 0 Å². The average Bonchev–Trinajstić information content (AvgIpc) is 2.08. The highest BCUT2D eigenvalue weighted by molar-refractivity contribution is 5.86. The maximum atomic E-state index is 11.8. The van der Waals surface area contributed by atoms with Crippen LogP contribution in [0.5, 0.6) is 0 Å². The van der Waals surface area contributed by atoms with Gasteiger partial charge in [-0.15, -0.1) is 0 Å². The standard InChI is InChI=1S/C11H20N2O/c1-9(2)7-11(14)10-8-12(3)5-6-13(10)4/h10H,1,5-8H2,2-4H3. The quantitative estimate of drug-likeness (QED) is 0.623. The first-order valence-electron chi connectivity index (χ1n) is 5.06. The van der Waals surface area contributed by atoms with E-state index < -0.39 is 0 Å². The molecule has 3 nitrogen and oxygen atoms in total. The van der Waals surface area contributed by atoms with Gasteiger partial charge in [0.25, 0.3) is 0 Å². The Morgan fingerprint density at radius 2 is 2.07 bits per heavy atom. The first-order valence-corrected chi connectivity index (χ1v) is 5.06. The Labute approximate surface area is 86.4 Å². The average molecular weight is 196 g/mol. The molecule has 1 saturated heterocycles. The Bertz CT molecular complexity index is 237. The summed E-state index contributed by atoms with van der Waals surface area (Å²) in [5.74, 6) is 0.298. The molecule has 0 radical (unpaired) electrons. The zero-order chi connectivity index (χ0) is 10.7. The van der Waals surface area contributed by atoms with E-state index in [0.717, 1.165) is 25.2 Å². The Morgan fingerprint density at radius 1 is 1.43 bits per heavy atom. The Kier molecular flexibility index (Phi) is 3.84. The van der Waals surface area contributed by atoms with Crippen molar-refractivity contribution in [2.24, 2.45) is 0 Å². The minimum absolute atomic E-state index is 0.0606. The van der Waals surface area contributed by atoms with Crippen molar-refractivity contribution in [1.29, 1.82) is 0 Å². The van der Waals surface area contributed by atoms with Crippen LogP contribution in [0.25, 0.3) is 0 Å². The van der Waals surface area contributed by atoms with Crippen molar-refractivity contribution in [3.8, 4) is 0 Å². The fourth-order valence-electron chi connectivity index (χ4n) is 1.77. The summed E-state index contributed by atoms with van der Waals surface area (Å²) in [6.45, 7) is 8.56. The number of nitrogens with zero attached hydrogens (tertiary/aromatic N) is 2. The fraction of sp³-hybridized carbons (Fsp3) is 0.727. The minimum Gasteiger partial charge on any atom is -0.303 e. The molecule has 0 amide bonds. The van der Waals surface area contributed by atoms with Crippen molar-refractivity contribution in [1.82, 2.24) is 9.80 Å². The van der Waals surface area contributed by atoms with Gasteiger partial charge in [-0.1, -0.05) is 12.2 Å². The molecule has 0 aromatic carbocycles. The SMILES string of the molecule is C=C(C)CC(=O)C1CN(C)CCN1C. The summed E-state index contributed by atoms with van der Waals surface area (Å²) in [6, 6.07) is 0.0606. The maximum Gasteiger partial charge on any atom is 0.155 e. The molecule has 80 valence electrons. The van der Waals surface area contributed by atoms with Gasteiger partial charge in [-0.3, -0.25) is 9.69 Å². The van der Waals surface area contributed by atoms with Gasteiger partial charge in [0.05, 0.1) is 6.04 Å². The van der Waals surface area contributed by atoms with Crippen molar-refractivity contribution < 1.29 is 4.79 Å². The van der Waals surface area contributed by atoms with E-state index in [0.29, 0.717) is 12.2 Å². The molecule has 0 aromatic rings. The van der Waals surface area contributed by atoms with Gasteiger partial charge in [0, 0.05) is 26.1 Å². The Morgan fingerprint density at radius 3 is 2.64 bits per heavy atom. The molecule has 1 unspecified atom stereocenters. The van der Waals surface area contributed by atoms with Gasteiger partial charge < -0.3 is 4.90 Å². The predicted molar refractivity (Wildman–Crippen MR) is 58.4 cm³/mol. The van der Waals surface area contributed by atoms with Gasteiger partial charge in [-0.2, -0.15) is 0 Å². The number of likely N-dealkylation sites (N-methyl/N-ethyl adjacent to an activating group) is 2. The van der Waals surface area contributed by atoms with Crippen LogP contribution in [-0.4, -0.2) is 55.4 Å². The second-order valence-corrected chi connectivity index (χ2v) is 4.36. The number of ketones is 1. The number of carbonyl (C=O) groups is 1. The van der Waals surface area contributed by atoms with Crippen LogP contribution in [0.1, 0.15) is 13.3 Å². The number of Topliss-reactive ketones (excluding diaryl/α,β-unsaturated/α-hetero) is 1. The first-order chi connectivity index (χ1) is 6.50. The van der Waals surface area contributed by atoms with E-state index in [1.54, 1.807) is 0 Å². The lowest BCUT2D eigenvalue weighted by molar-refractivity contribution is -0.125. The third-order valence-electron chi connectivity index (χ3n) is 2.70. The van der Waals surface area contributed by atoms with Crippen LogP contribution in [0.2, 0.25) is 0 Å². The fourth-order valence-corrected chi connectivity index (χ4v) is 1.77. The van der Waals surface area contributed by atoms with Crippen LogP contribution in [0.4, 0.5) is 0 Å². The van der Waals surface area contributed by atoms with Crippen molar-refractivity contribution in [2.75, 3.05) is 33.7 Å². The molecule has 0 aliphatic carbocycles. The summed E-state index contributed by atoms with van der Waals surface area (Å²) in [5, 5.41) is 0. The molecule has 1 fully saturated rings. The summed E-state index contributed by atoms with van der Waals surface area (Å²) in [6.07, 6.45) is 0.517. The van der Waals surface area contributed by atoms with Crippen LogP contribution in [-0.2, 0) is 4.79 Å². The number of hydrogen-bond acceptors (Lipinski definition) is 3. The highest BCUT2D eigenvalue weighted by atomic mass is 16.1. The second kappa shape index (κ2) is 4.71.